The van der Waals surface area contributed by atoms with Crippen LogP contribution in [0.1, 0.15) is 10.4 Å². The fraction of sp³-hybridized carbons (Fsp3) is 0.222. The SMILES string of the molecule is Nc1ccc(Br)c(C(=O)NCCS(N)(=O)=O)c1. The van der Waals surface area contributed by atoms with Gasteiger partial charge in [-0.1, -0.05) is 0 Å². The maximum atomic E-state index is 11.7. The van der Waals surface area contributed by atoms with Crippen molar-refractivity contribution in [3.8, 4) is 0 Å². The first-order valence-electron chi connectivity index (χ1n) is 4.63. The summed E-state index contributed by atoms with van der Waals surface area (Å²) in [6, 6.07) is 4.78. The Morgan fingerprint density at radius 3 is 2.65 bits per heavy atom. The highest BCUT2D eigenvalue weighted by Crippen LogP contribution is 2.19. The number of nitrogens with two attached hydrogens (primary N) is 2. The Morgan fingerprint density at radius 1 is 1.41 bits per heavy atom. The van der Waals surface area contributed by atoms with Gasteiger partial charge in [0, 0.05) is 16.7 Å². The normalized spacial score (nSPS) is 11.2. The molecule has 0 heterocycles. The van der Waals surface area contributed by atoms with E-state index in [0.717, 1.165) is 0 Å². The van der Waals surface area contributed by atoms with E-state index in [1.807, 2.05) is 0 Å². The van der Waals surface area contributed by atoms with Gasteiger partial charge in [-0.3, -0.25) is 4.79 Å². The number of benzene rings is 1. The van der Waals surface area contributed by atoms with Gasteiger partial charge in [0.1, 0.15) is 0 Å². The van der Waals surface area contributed by atoms with Crippen molar-refractivity contribution in [1.29, 1.82) is 0 Å². The quantitative estimate of drug-likeness (QED) is 0.679. The number of anilines is 1. The molecule has 0 saturated carbocycles. The molecule has 0 fully saturated rings. The Kier molecular flexibility index (Phi) is 4.49. The number of carbonyl (C=O) groups is 1. The van der Waals surface area contributed by atoms with Crippen LogP contribution in [0.2, 0.25) is 0 Å². The van der Waals surface area contributed by atoms with Gasteiger partial charge in [0.15, 0.2) is 0 Å². The molecule has 0 radical (unpaired) electrons. The summed E-state index contributed by atoms with van der Waals surface area (Å²) in [6.45, 7) is -0.0428. The minimum Gasteiger partial charge on any atom is -0.399 e. The fourth-order valence-electron chi connectivity index (χ4n) is 1.12. The zero-order valence-corrected chi connectivity index (χ0v) is 11.2. The highest BCUT2D eigenvalue weighted by Gasteiger charge is 2.11. The molecule has 0 atom stereocenters. The third-order valence-electron chi connectivity index (χ3n) is 1.91. The Labute approximate surface area is 108 Å². The lowest BCUT2D eigenvalue weighted by molar-refractivity contribution is 0.0955. The van der Waals surface area contributed by atoms with Crippen molar-refractivity contribution in [2.45, 2.75) is 0 Å². The van der Waals surface area contributed by atoms with Gasteiger partial charge in [0.25, 0.3) is 5.91 Å². The summed E-state index contributed by atoms with van der Waals surface area (Å²) in [6.07, 6.45) is 0. The number of hydrogen-bond donors (Lipinski definition) is 3. The van der Waals surface area contributed by atoms with Gasteiger partial charge in [0.2, 0.25) is 10.0 Å². The molecule has 5 N–H and O–H groups in total. The van der Waals surface area contributed by atoms with Crippen molar-refractivity contribution in [2.24, 2.45) is 5.14 Å². The summed E-state index contributed by atoms with van der Waals surface area (Å²) in [4.78, 5) is 11.7. The maximum Gasteiger partial charge on any atom is 0.252 e. The minimum absolute atomic E-state index is 0.0428. The second kappa shape index (κ2) is 5.48. The molecule has 0 unspecified atom stereocenters. The molecule has 1 rings (SSSR count). The Balaban J connectivity index is 2.67. The van der Waals surface area contributed by atoms with Crippen LogP contribution in [0.4, 0.5) is 5.69 Å². The van der Waals surface area contributed by atoms with Crippen LogP contribution in [-0.2, 0) is 10.0 Å². The molecule has 0 aromatic heterocycles. The summed E-state index contributed by atoms with van der Waals surface area (Å²) in [5, 5.41) is 7.25. The Morgan fingerprint density at radius 2 is 2.06 bits per heavy atom. The van der Waals surface area contributed by atoms with Crippen molar-refractivity contribution >= 4 is 37.5 Å². The first-order chi connectivity index (χ1) is 7.79. The Hall–Kier alpha value is -1.12. The average Bonchev–Trinajstić information content (AvgIpc) is 2.19. The van der Waals surface area contributed by atoms with Gasteiger partial charge in [-0.05, 0) is 34.1 Å². The molecular weight excluding hydrogens is 310 g/mol. The zero-order chi connectivity index (χ0) is 13.1. The van der Waals surface area contributed by atoms with E-state index in [1.54, 1.807) is 12.1 Å². The smallest absolute Gasteiger partial charge is 0.252 e. The average molecular weight is 322 g/mol. The lowest BCUT2D eigenvalue weighted by Crippen LogP contribution is -2.31. The molecule has 8 heteroatoms. The predicted octanol–water partition coefficient (Wildman–Crippen LogP) is 0.0496. The van der Waals surface area contributed by atoms with E-state index < -0.39 is 15.9 Å². The first kappa shape index (κ1) is 13.9. The van der Waals surface area contributed by atoms with E-state index in [4.69, 9.17) is 10.9 Å². The number of hydrogen-bond acceptors (Lipinski definition) is 4. The van der Waals surface area contributed by atoms with E-state index in [0.29, 0.717) is 15.7 Å². The van der Waals surface area contributed by atoms with Crippen LogP contribution < -0.4 is 16.2 Å². The second-order valence-corrected chi connectivity index (χ2v) is 5.95. The van der Waals surface area contributed by atoms with Crippen LogP contribution in [-0.4, -0.2) is 26.6 Å². The molecule has 0 aliphatic heterocycles. The Bertz CT molecular complexity index is 530. The molecule has 0 saturated heterocycles. The van der Waals surface area contributed by atoms with Crippen molar-refractivity contribution < 1.29 is 13.2 Å². The third-order valence-corrected chi connectivity index (χ3v) is 3.37. The standard InChI is InChI=1S/C9H12BrN3O3S/c10-8-2-1-6(11)5-7(8)9(14)13-3-4-17(12,15)16/h1-2,5H,3-4,11H2,(H,13,14)(H2,12,15,16). The van der Waals surface area contributed by atoms with Crippen molar-refractivity contribution in [3.63, 3.8) is 0 Å². The highest BCUT2D eigenvalue weighted by atomic mass is 79.9. The molecule has 94 valence electrons. The van der Waals surface area contributed by atoms with E-state index in [2.05, 4.69) is 21.2 Å². The van der Waals surface area contributed by atoms with E-state index in [9.17, 15) is 13.2 Å². The molecule has 0 aliphatic carbocycles. The third kappa shape index (κ3) is 4.72. The van der Waals surface area contributed by atoms with Gasteiger partial charge < -0.3 is 11.1 Å². The molecule has 0 bridgehead atoms. The minimum atomic E-state index is -3.57. The van der Waals surface area contributed by atoms with Crippen LogP contribution in [0.25, 0.3) is 0 Å². The lowest BCUT2D eigenvalue weighted by Gasteiger charge is -2.06. The van der Waals surface area contributed by atoms with E-state index in [-0.39, 0.29) is 12.3 Å². The number of nitrogens with one attached hydrogen (secondary N) is 1. The fourth-order valence-corrected chi connectivity index (χ4v) is 1.93. The van der Waals surface area contributed by atoms with Crippen molar-refractivity contribution in [1.82, 2.24) is 5.32 Å². The first-order valence-corrected chi connectivity index (χ1v) is 7.14. The van der Waals surface area contributed by atoms with Crippen molar-refractivity contribution in [3.05, 3.63) is 28.2 Å². The molecular formula is C9H12BrN3O3S. The maximum absolute atomic E-state index is 11.7. The number of halogens is 1. The van der Waals surface area contributed by atoms with Gasteiger partial charge in [-0.2, -0.15) is 0 Å². The molecule has 0 spiro atoms. The topological polar surface area (TPSA) is 115 Å². The van der Waals surface area contributed by atoms with Crippen LogP contribution in [0.3, 0.4) is 0 Å². The van der Waals surface area contributed by atoms with Crippen LogP contribution in [0, 0.1) is 0 Å². The number of rotatable bonds is 4. The lowest BCUT2D eigenvalue weighted by atomic mass is 10.2. The van der Waals surface area contributed by atoms with Crippen LogP contribution in [0.15, 0.2) is 22.7 Å². The van der Waals surface area contributed by atoms with Gasteiger partial charge in [0.05, 0.1) is 11.3 Å². The van der Waals surface area contributed by atoms with E-state index >= 15 is 0 Å². The largest absolute Gasteiger partial charge is 0.399 e. The summed E-state index contributed by atoms with van der Waals surface area (Å²) < 4.78 is 21.9. The monoisotopic (exact) mass is 321 g/mol. The zero-order valence-electron chi connectivity index (χ0n) is 8.81. The molecule has 1 amide bonds. The van der Waals surface area contributed by atoms with Gasteiger partial charge in [-0.15, -0.1) is 0 Å². The van der Waals surface area contributed by atoms with Crippen LogP contribution in [0.5, 0.6) is 0 Å². The number of nitrogen functional groups attached to an aromatic ring is 1. The highest BCUT2D eigenvalue weighted by molar-refractivity contribution is 9.10. The van der Waals surface area contributed by atoms with Crippen LogP contribution >= 0.6 is 15.9 Å². The van der Waals surface area contributed by atoms with Gasteiger partial charge >= 0.3 is 0 Å². The number of sulfonamides is 1. The van der Waals surface area contributed by atoms with Gasteiger partial charge in [-0.25, -0.2) is 13.6 Å². The number of amides is 1. The second-order valence-electron chi connectivity index (χ2n) is 3.36. The summed E-state index contributed by atoms with van der Waals surface area (Å²) >= 11 is 3.20. The summed E-state index contributed by atoms with van der Waals surface area (Å²) in [5.74, 6) is -0.716. The van der Waals surface area contributed by atoms with E-state index in [1.165, 1.54) is 6.07 Å². The molecule has 6 nitrogen and oxygen atoms in total. The number of primary sulfonamides is 1. The number of carbonyl (C=O) groups excluding carboxylic acids is 1. The molecule has 1 aromatic carbocycles. The molecule has 0 aliphatic rings. The van der Waals surface area contributed by atoms with Crippen molar-refractivity contribution in [2.75, 3.05) is 18.0 Å². The molecule has 1 aromatic rings. The predicted molar refractivity (Wildman–Crippen MR) is 68.9 cm³/mol. The molecule has 17 heavy (non-hydrogen) atoms. The summed E-state index contributed by atoms with van der Waals surface area (Å²) in [5.41, 5.74) is 6.34. The summed E-state index contributed by atoms with van der Waals surface area (Å²) in [7, 11) is -3.57.